The summed E-state index contributed by atoms with van der Waals surface area (Å²) in [7, 11) is 0. The molecule has 78 valence electrons. The van der Waals surface area contributed by atoms with Gasteiger partial charge >= 0.3 is 0 Å². The summed E-state index contributed by atoms with van der Waals surface area (Å²) < 4.78 is 51.7. The molecule has 0 bridgehead atoms. The topological polar surface area (TPSA) is 20.2 Å². The number of benzene rings is 1. The number of hydrogen-bond donors (Lipinski definition) is 2. The predicted molar refractivity (Wildman–Crippen MR) is 45.0 cm³/mol. The van der Waals surface area contributed by atoms with Gasteiger partial charge in [0.2, 0.25) is 0 Å². The third-order valence-electron chi connectivity index (χ3n) is 1.78. The van der Waals surface area contributed by atoms with Gasteiger partial charge in [-0.15, -0.1) is 12.6 Å². The quantitative estimate of drug-likeness (QED) is 0.326. The van der Waals surface area contributed by atoms with E-state index in [1.807, 2.05) is 0 Å². The van der Waals surface area contributed by atoms with Gasteiger partial charge < -0.3 is 5.11 Å². The predicted octanol–water partition coefficient (Wildman–Crippen LogP) is 2.47. The molecule has 0 aromatic heterocycles. The fraction of sp³-hybridized carbons (Fsp3) is 0.250. The van der Waals surface area contributed by atoms with Crippen LogP contribution in [-0.2, 0) is 0 Å². The molecule has 14 heavy (non-hydrogen) atoms. The molecule has 1 nitrogen and oxygen atoms in total. The third kappa shape index (κ3) is 1.59. The van der Waals surface area contributed by atoms with Crippen molar-refractivity contribution in [3.63, 3.8) is 0 Å². The Labute approximate surface area is 82.8 Å². The molecule has 0 aliphatic carbocycles. The van der Waals surface area contributed by atoms with Gasteiger partial charge in [-0.05, 0) is 6.92 Å². The second-order valence-electron chi connectivity index (χ2n) is 2.67. The van der Waals surface area contributed by atoms with Crippen molar-refractivity contribution in [2.75, 3.05) is 0 Å². The summed E-state index contributed by atoms with van der Waals surface area (Å²) in [5.41, 5.74) is -3.79. The summed E-state index contributed by atoms with van der Waals surface area (Å²) in [5.74, 6) is -6.29. The van der Waals surface area contributed by atoms with Gasteiger partial charge in [-0.2, -0.15) is 0 Å². The maximum atomic E-state index is 13.0. The highest BCUT2D eigenvalue weighted by Crippen LogP contribution is 2.29. The van der Waals surface area contributed by atoms with E-state index in [0.717, 1.165) is 6.92 Å². The summed E-state index contributed by atoms with van der Waals surface area (Å²) in [6, 6.07) is 0. The molecule has 0 spiro atoms. The minimum atomic E-state index is -1.90. The lowest BCUT2D eigenvalue weighted by molar-refractivity contribution is 0.253. The van der Waals surface area contributed by atoms with Crippen LogP contribution in [0.2, 0.25) is 0 Å². The number of hydrogen-bond acceptors (Lipinski definition) is 2. The van der Waals surface area contributed by atoms with Gasteiger partial charge in [-0.1, -0.05) is 0 Å². The zero-order valence-electron chi connectivity index (χ0n) is 6.98. The van der Waals surface area contributed by atoms with Crippen molar-refractivity contribution < 1.29 is 22.7 Å². The van der Waals surface area contributed by atoms with E-state index in [1.54, 1.807) is 0 Å². The number of aliphatic hydroxyl groups is 1. The fourth-order valence-electron chi connectivity index (χ4n) is 0.985. The van der Waals surface area contributed by atoms with Gasteiger partial charge in [-0.3, -0.25) is 0 Å². The average molecular weight is 226 g/mol. The first-order chi connectivity index (χ1) is 6.37. The normalized spacial score (nSPS) is 13.1. The van der Waals surface area contributed by atoms with Crippen LogP contribution in [0.4, 0.5) is 17.6 Å². The Kier molecular flexibility index (Phi) is 3.06. The monoisotopic (exact) mass is 226 g/mol. The van der Waals surface area contributed by atoms with Crippen LogP contribution in [0.15, 0.2) is 0 Å². The highest BCUT2D eigenvalue weighted by atomic mass is 32.1. The van der Waals surface area contributed by atoms with Crippen molar-refractivity contribution in [3.8, 4) is 0 Å². The first-order valence-corrected chi connectivity index (χ1v) is 4.08. The lowest BCUT2D eigenvalue weighted by Gasteiger charge is -2.10. The third-order valence-corrected chi connectivity index (χ3v) is 2.03. The first-order valence-electron chi connectivity index (χ1n) is 3.56. The first kappa shape index (κ1) is 11.3. The summed E-state index contributed by atoms with van der Waals surface area (Å²) in [5, 5.41) is 8.78. The van der Waals surface area contributed by atoms with Crippen LogP contribution in [0.3, 0.4) is 0 Å². The van der Waals surface area contributed by atoms with Gasteiger partial charge in [0, 0.05) is 5.56 Å². The van der Waals surface area contributed by atoms with E-state index in [2.05, 4.69) is 12.6 Å². The SMILES string of the molecule is Cc1c(F)c(F)c(C(O)S)c(F)c1F. The van der Waals surface area contributed by atoms with Crippen LogP contribution in [-0.4, -0.2) is 5.11 Å². The van der Waals surface area contributed by atoms with E-state index < -0.39 is 39.8 Å². The summed E-state index contributed by atoms with van der Waals surface area (Å²) >= 11 is 3.30. The number of aliphatic hydroxyl groups excluding tert-OH is 1. The van der Waals surface area contributed by atoms with Crippen LogP contribution in [0.25, 0.3) is 0 Å². The Morgan fingerprint density at radius 3 is 1.64 bits per heavy atom. The lowest BCUT2D eigenvalue weighted by Crippen LogP contribution is -2.07. The Bertz CT molecular complexity index is 349. The molecule has 1 unspecified atom stereocenters. The molecule has 0 fully saturated rings. The van der Waals surface area contributed by atoms with Crippen molar-refractivity contribution in [3.05, 3.63) is 34.4 Å². The largest absolute Gasteiger partial charge is 0.378 e. The zero-order chi connectivity index (χ0) is 11.0. The van der Waals surface area contributed by atoms with Gasteiger partial charge in [-0.25, -0.2) is 17.6 Å². The maximum absolute atomic E-state index is 13.0. The van der Waals surface area contributed by atoms with Gasteiger partial charge in [0.25, 0.3) is 0 Å². The van der Waals surface area contributed by atoms with E-state index in [4.69, 9.17) is 5.11 Å². The number of halogens is 4. The second-order valence-corrected chi connectivity index (χ2v) is 3.16. The highest BCUT2D eigenvalue weighted by Gasteiger charge is 2.25. The van der Waals surface area contributed by atoms with E-state index in [0.29, 0.717) is 0 Å². The van der Waals surface area contributed by atoms with Crippen LogP contribution in [0, 0.1) is 30.2 Å². The molecule has 1 aromatic rings. The summed E-state index contributed by atoms with van der Waals surface area (Å²) in [6.45, 7) is 0.894. The Morgan fingerprint density at radius 1 is 1.00 bits per heavy atom. The fourth-order valence-corrected chi connectivity index (χ4v) is 1.21. The van der Waals surface area contributed by atoms with E-state index in [9.17, 15) is 17.6 Å². The van der Waals surface area contributed by atoms with Crippen molar-refractivity contribution in [1.82, 2.24) is 0 Å². The second kappa shape index (κ2) is 3.78. The minimum Gasteiger partial charge on any atom is -0.378 e. The summed E-state index contributed by atoms with van der Waals surface area (Å²) in [6.07, 6.45) is 0. The molecule has 0 heterocycles. The number of thiol groups is 1. The molecular weight excluding hydrogens is 220 g/mol. The molecule has 6 heteroatoms. The van der Waals surface area contributed by atoms with Crippen molar-refractivity contribution in [2.24, 2.45) is 0 Å². The average Bonchev–Trinajstić information content (AvgIpc) is 2.11. The molecule has 0 aliphatic rings. The highest BCUT2D eigenvalue weighted by molar-refractivity contribution is 7.80. The molecule has 0 radical (unpaired) electrons. The van der Waals surface area contributed by atoms with Crippen molar-refractivity contribution >= 4 is 12.6 Å². The Hall–Kier alpha value is -0.750. The van der Waals surface area contributed by atoms with E-state index in [-0.39, 0.29) is 0 Å². The zero-order valence-corrected chi connectivity index (χ0v) is 7.88. The molecule has 0 saturated carbocycles. The number of rotatable bonds is 1. The molecule has 1 aromatic carbocycles. The minimum absolute atomic E-state index is 0.766. The van der Waals surface area contributed by atoms with Crippen LogP contribution in [0.1, 0.15) is 16.6 Å². The molecule has 1 atom stereocenters. The summed E-state index contributed by atoms with van der Waals surface area (Å²) in [4.78, 5) is 0. The van der Waals surface area contributed by atoms with Crippen LogP contribution in [0.5, 0.6) is 0 Å². The van der Waals surface area contributed by atoms with Crippen LogP contribution >= 0.6 is 12.6 Å². The lowest BCUT2D eigenvalue weighted by atomic mass is 10.1. The van der Waals surface area contributed by atoms with Gasteiger partial charge in [0.1, 0.15) is 5.44 Å². The molecule has 0 saturated heterocycles. The van der Waals surface area contributed by atoms with Gasteiger partial charge in [0.05, 0.1) is 5.56 Å². The van der Waals surface area contributed by atoms with E-state index >= 15 is 0 Å². The maximum Gasteiger partial charge on any atom is 0.168 e. The Balaban J connectivity index is 3.60. The molecule has 1 rings (SSSR count). The molecular formula is C8H6F4OS. The van der Waals surface area contributed by atoms with Crippen molar-refractivity contribution in [2.45, 2.75) is 12.4 Å². The Morgan fingerprint density at radius 2 is 1.36 bits per heavy atom. The molecule has 0 amide bonds. The van der Waals surface area contributed by atoms with Crippen LogP contribution < -0.4 is 0 Å². The smallest absolute Gasteiger partial charge is 0.168 e. The van der Waals surface area contributed by atoms with Gasteiger partial charge in [0.15, 0.2) is 23.3 Å². The molecule has 0 aliphatic heterocycles. The van der Waals surface area contributed by atoms with E-state index in [1.165, 1.54) is 0 Å². The molecule has 1 N–H and O–H groups in total. The van der Waals surface area contributed by atoms with Crippen molar-refractivity contribution in [1.29, 1.82) is 0 Å². The standard InChI is InChI=1S/C8H6F4OS/c1-2-4(9)6(11)3(8(13)14)7(12)5(2)10/h8,13-14H,1H3.